The number of benzene rings is 1. The van der Waals surface area contributed by atoms with Gasteiger partial charge in [0.25, 0.3) is 0 Å². The number of H-pyrrole nitrogens is 1. The molecule has 2 heterocycles. The summed E-state index contributed by atoms with van der Waals surface area (Å²) in [5, 5.41) is 3.76. The Labute approximate surface area is 126 Å². The number of rotatable bonds is 3. The van der Waals surface area contributed by atoms with Crippen molar-refractivity contribution in [3.8, 4) is 11.3 Å². The van der Waals surface area contributed by atoms with E-state index >= 15 is 0 Å². The van der Waals surface area contributed by atoms with Gasteiger partial charge in [-0.05, 0) is 37.6 Å². The van der Waals surface area contributed by atoms with Crippen LogP contribution in [0.5, 0.6) is 0 Å². The van der Waals surface area contributed by atoms with E-state index < -0.39 is 5.82 Å². The first-order valence-electron chi connectivity index (χ1n) is 6.53. The van der Waals surface area contributed by atoms with Gasteiger partial charge in [-0.3, -0.25) is 0 Å². The smallest absolute Gasteiger partial charge is 0.142 e. The molecule has 1 aromatic carbocycles. The van der Waals surface area contributed by atoms with E-state index in [-0.39, 0.29) is 5.02 Å². The zero-order valence-corrected chi connectivity index (χ0v) is 12.2. The fourth-order valence-corrected chi connectivity index (χ4v) is 2.98. The van der Waals surface area contributed by atoms with Gasteiger partial charge < -0.3 is 10.3 Å². The first-order chi connectivity index (χ1) is 9.63. The monoisotopic (exact) mass is 313 g/mol. The third kappa shape index (κ3) is 2.82. The van der Waals surface area contributed by atoms with Crippen LogP contribution in [0.1, 0.15) is 12.2 Å². The highest BCUT2D eigenvalue weighted by Crippen LogP contribution is 2.31. The van der Waals surface area contributed by atoms with Crippen molar-refractivity contribution in [2.24, 2.45) is 5.92 Å². The van der Waals surface area contributed by atoms with Crippen molar-refractivity contribution in [2.45, 2.75) is 12.8 Å². The maximum absolute atomic E-state index is 13.5. The molecule has 0 saturated carbocycles. The lowest BCUT2D eigenvalue weighted by Gasteiger charge is -2.05. The Kier molecular flexibility index (Phi) is 3.96. The van der Waals surface area contributed by atoms with Crippen molar-refractivity contribution >= 4 is 23.2 Å². The standard InChI is InChI=1S/C14H14Cl2FN3/c15-10-5-11(16)12(17)4-9(10)13-7-19-14(20-13)3-8-1-2-18-6-8/h4-5,7-8,18H,1-3,6H2,(H,19,20). The second-order valence-electron chi connectivity index (χ2n) is 5.05. The minimum absolute atomic E-state index is 0.0236. The van der Waals surface area contributed by atoms with Gasteiger partial charge in [0.1, 0.15) is 11.6 Å². The van der Waals surface area contributed by atoms with E-state index in [2.05, 4.69) is 15.3 Å². The second kappa shape index (κ2) is 5.72. The van der Waals surface area contributed by atoms with Crippen LogP contribution in [0.2, 0.25) is 10.0 Å². The fourth-order valence-electron chi connectivity index (χ4n) is 2.49. The Morgan fingerprint density at radius 1 is 1.30 bits per heavy atom. The Hall–Kier alpha value is -1.10. The number of hydrogen-bond acceptors (Lipinski definition) is 2. The summed E-state index contributed by atoms with van der Waals surface area (Å²) in [4.78, 5) is 7.56. The van der Waals surface area contributed by atoms with Gasteiger partial charge in [-0.25, -0.2) is 9.37 Å². The molecular weight excluding hydrogens is 300 g/mol. The van der Waals surface area contributed by atoms with Gasteiger partial charge >= 0.3 is 0 Å². The number of imidazole rings is 1. The van der Waals surface area contributed by atoms with E-state index in [1.165, 1.54) is 12.1 Å². The number of aromatic nitrogens is 2. The van der Waals surface area contributed by atoms with E-state index in [1.54, 1.807) is 6.20 Å². The minimum Gasteiger partial charge on any atom is -0.342 e. The summed E-state index contributed by atoms with van der Waals surface area (Å²) in [6.45, 7) is 2.08. The summed E-state index contributed by atoms with van der Waals surface area (Å²) < 4.78 is 13.5. The normalized spacial score (nSPS) is 18.6. The van der Waals surface area contributed by atoms with Crippen LogP contribution in [0.3, 0.4) is 0 Å². The van der Waals surface area contributed by atoms with Crippen LogP contribution in [0.25, 0.3) is 11.3 Å². The van der Waals surface area contributed by atoms with Crippen LogP contribution in [0.15, 0.2) is 18.3 Å². The van der Waals surface area contributed by atoms with Gasteiger partial charge in [-0.2, -0.15) is 0 Å². The van der Waals surface area contributed by atoms with E-state index in [4.69, 9.17) is 23.2 Å². The molecule has 1 aliphatic heterocycles. The largest absolute Gasteiger partial charge is 0.342 e. The van der Waals surface area contributed by atoms with Crippen LogP contribution in [0.4, 0.5) is 4.39 Å². The molecule has 20 heavy (non-hydrogen) atoms. The molecule has 6 heteroatoms. The van der Waals surface area contributed by atoms with Crippen molar-refractivity contribution < 1.29 is 4.39 Å². The zero-order valence-electron chi connectivity index (χ0n) is 10.7. The SMILES string of the molecule is Fc1cc(-c2cnc(CC3CCNC3)[nH]2)c(Cl)cc1Cl. The molecule has 0 bridgehead atoms. The van der Waals surface area contributed by atoms with Crippen molar-refractivity contribution in [3.05, 3.63) is 40.0 Å². The number of hydrogen-bond donors (Lipinski definition) is 2. The second-order valence-corrected chi connectivity index (χ2v) is 5.87. The number of aromatic amines is 1. The predicted molar refractivity (Wildman–Crippen MR) is 78.7 cm³/mol. The van der Waals surface area contributed by atoms with Crippen LogP contribution < -0.4 is 5.32 Å². The molecule has 1 aromatic heterocycles. The van der Waals surface area contributed by atoms with Crippen LogP contribution >= 0.6 is 23.2 Å². The van der Waals surface area contributed by atoms with Gasteiger partial charge in [-0.1, -0.05) is 23.2 Å². The molecule has 106 valence electrons. The molecule has 3 rings (SSSR count). The first kappa shape index (κ1) is 13.9. The van der Waals surface area contributed by atoms with E-state index in [9.17, 15) is 4.39 Å². The quantitative estimate of drug-likeness (QED) is 0.849. The molecule has 0 spiro atoms. The molecule has 1 unspecified atom stereocenters. The molecule has 0 aliphatic carbocycles. The Morgan fingerprint density at radius 2 is 2.15 bits per heavy atom. The van der Waals surface area contributed by atoms with Crippen molar-refractivity contribution in [1.29, 1.82) is 0 Å². The lowest BCUT2D eigenvalue weighted by atomic mass is 10.1. The molecule has 0 amide bonds. The summed E-state index contributed by atoms with van der Waals surface area (Å²) in [5.74, 6) is 1.02. The molecule has 2 aromatic rings. The molecule has 3 nitrogen and oxygen atoms in total. The third-order valence-electron chi connectivity index (χ3n) is 3.57. The van der Waals surface area contributed by atoms with Gasteiger partial charge in [0.05, 0.1) is 21.9 Å². The lowest BCUT2D eigenvalue weighted by molar-refractivity contribution is 0.565. The maximum Gasteiger partial charge on any atom is 0.142 e. The molecule has 1 saturated heterocycles. The summed E-state index contributed by atoms with van der Waals surface area (Å²) in [5.41, 5.74) is 1.29. The Balaban J connectivity index is 1.84. The van der Waals surface area contributed by atoms with E-state index in [1.807, 2.05) is 0 Å². The van der Waals surface area contributed by atoms with Crippen molar-refractivity contribution in [3.63, 3.8) is 0 Å². The molecule has 1 atom stereocenters. The van der Waals surface area contributed by atoms with Crippen molar-refractivity contribution in [2.75, 3.05) is 13.1 Å². The minimum atomic E-state index is -0.484. The van der Waals surface area contributed by atoms with Gasteiger partial charge in [0.2, 0.25) is 0 Å². The summed E-state index contributed by atoms with van der Waals surface area (Å²) in [7, 11) is 0. The molecule has 1 aliphatic rings. The van der Waals surface area contributed by atoms with E-state index in [0.29, 0.717) is 22.2 Å². The van der Waals surface area contributed by atoms with Crippen LogP contribution in [-0.2, 0) is 6.42 Å². The van der Waals surface area contributed by atoms with Crippen LogP contribution in [0, 0.1) is 11.7 Å². The molecule has 2 N–H and O–H groups in total. The molecule has 1 fully saturated rings. The van der Waals surface area contributed by atoms with E-state index in [0.717, 1.165) is 31.8 Å². The summed E-state index contributed by atoms with van der Waals surface area (Å²) in [6.07, 6.45) is 3.74. The summed E-state index contributed by atoms with van der Waals surface area (Å²) >= 11 is 11.8. The van der Waals surface area contributed by atoms with Gasteiger partial charge in [0, 0.05) is 12.0 Å². The van der Waals surface area contributed by atoms with Gasteiger partial charge in [-0.15, -0.1) is 0 Å². The van der Waals surface area contributed by atoms with Crippen molar-refractivity contribution in [1.82, 2.24) is 15.3 Å². The zero-order chi connectivity index (χ0) is 14.1. The molecule has 0 radical (unpaired) electrons. The average molecular weight is 314 g/mol. The highest BCUT2D eigenvalue weighted by molar-refractivity contribution is 6.36. The topological polar surface area (TPSA) is 40.7 Å². The van der Waals surface area contributed by atoms with Gasteiger partial charge in [0.15, 0.2) is 0 Å². The van der Waals surface area contributed by atoms with Crippen LogP contribution in [-0.4, -0.2) is 23.1 Å². The number of halogens is 3. The maximum atomic E-state index is 13.5. The highest BCUT2D eigenvalue weighted by Gasteiger charge is 2.17. The third-order valence-corrected chi connectivity index (χ3v) is 4.18. The Morgan fingerprint density at radius 3 is 2.90 bits per heavy atom. The fraction of sp³-hybridized carbons (Fsp3) is 0.357. The highest BCUT2D eigenvalue weighted by atomic mass is 35.5. The summed E-state index contributed by atoms with van der Waals surface area (Å²) in [6, 6.07) is 2.74. The Bertz CT molecular complexity index is 621. The number of nitrogens with one attached hydrogen (secondary N) is 2. The number of nitrogens with zero attached hydrogens (tertiary/aromatic N) is 1. The predicted octanol–water partition coefficient (Wildman–Crippen LogP) is 3.67. The average Bonchev–Trinajstić information content (AvgIpc) is 3.06. The lowest BCUT2D eigenvalue weighted by Crippen LogP contribution is -2.11. The first-order valence-corrected chi connectivity index (χ1v) is 7.28. The molecular formula is C14H14Cl2FN3.